The highest BCUT2D eigenvalue weighted by molar-refractivity contribution is 7.15. The number of aromatic nitrogens is 5. The van der Waals surface area contributed by atoms with Crippen LogP contribution in [0.1, 0.15) is 34.2 Å². The lowest BCUT2D eigenvalue weighted by atomic mass is 10.4. The van der Waals surface area contributed by atoms with Crippen LogP contribution in [0.2, 0.25) is 0 Å². The third-order valence-electron chi connectivity index (χ3n) is 3.82. The molecule has 0 aliphatic heterocycles. The molecule has 8 heteroatoms. The zero-order chi connectivity index (χ0) is 16.0. The minimum Gasteiger partial charge on any atom is -0.302 e. The molecule has 0 unspecified atom stereocenters. The molecule has 0 bridgehead atoms. The Morgan fingerprint density at radius 3 is 3.00 bits per heavy atom. The molecule has 0 saturated heterocycles. The minimum atomic E-state index is -0.150. The van der Waals surface area contributed by atoms with Crippen molar-refractivity contribution in [1.29, 1.82) is 0 Å². The van der Waals surface area contributed by atoms with E-state index in [4.69, 9.17) is 0 Å². The summed E-state index contributed by atoms with van der Waals surface area (Å²) in [5.74, 6) is 0.842. The van der Waals surface area contributed by atoms with Gasteiger partial charge >= 0.3 is 0 Å². The zero-order valence-electron chi connectivity index (χ0n) is 13.0. The molecule has 0 fully saturated rings. The molecule has 1 aliphatic carbocycles. The van der Waals surface area contributed by atoms with E-state index in [0.717, 1.165) is 29.9 Å². The van der Waals surface area contributed by atoms with E-state index < -0.39 is 0 Å². The molecule has 1 aliphatic rings. The van der Waals surface area contributed by atoms with Crippen molar-refractivity contribution in [3.05, 3.63) is 33.8 Å². The lowest BCUT2D eigenvalue weighted by molar-refractivity contribution is -0.115. The van der Waals surface area contributed by atoms with E-state index in [1.54, 1.807) is 15.9 Å². The van der Waals surface area contributed by atoms with Crippen LogP contribution >= 0.6 is 11.3 Å². The molecule has 4 rings (SSSR count). The van der Waals surface area contributed by atoms with Crippen molar-refractivity contribution in [2.75, 3.05) is 5.32 Å². The molecule has 0 radical (unpaired) electrons. The summed E-state index contributed by atoms with van der Waals surface area (Å²) in [6.07, 6.45) is 3.37. The van der Waals surface area contributed by atoms with Gasteiger partial charge in [0.25, 0.3) is 5.78 Å². The second-order valence-corrected chi connectivity index (χ2v) is 6.83. The summed E-state index contributed by atoms with van der Waals surface area (Å²) in [7, 11) is 0. The van der Waals surface area contributed by atoms with Crippen molar-refractivity contribution in [3.63, 3.8) is 0 Å². The molecule has 0 aromatic carbocycles. The van der Waals surface area contributed by atoms with Gasteiger partial charge in [-0.15, -0.1) is 16.4 Å². The Kier molecular flexibility index (Phi) is 3.33. The molecule has 1 N–H and O–H groups in total. The van der Waals surface area contributed by atoms with E-state index in [9.17, 15) is 4.79 Å². The quantitative estimate of drug-likeness (QED) is 0.793. The molecule has 0 spiro atoms. The van der Waals surface area contributed by atoms with E-state index in [1.807, 2.05) is 19.9 Å². The molecule has 118 valence electrons. The van der Waals surface area contributed by atoms with Gasteiger partial charge in [-0.25, -0.2) is 14.5 Å². The minimum absolute atomic E-state index is 0.117. The van der Waals surface area contributed by atoms with Gasteiger partial charge in [0.1, 0.15) is 0 Å². The average Bonchev–Trinajstić information content (AvgIpc) is 3.12. The van der Waals surface area contributed by atoms with Crippen LogP contribution in [0.4, 0.5) is 5.13 Å². The maximum absolute atomic E-state index is 12.2. The molecule has 0 atom stereocenters. The first-order valence-corrected chi connectivity index (χ1v) is 8.38. The number of rotatable bonds is 3. The number of thiazole rings is 1. The number of amides is 1. The van der Waals surface area contributed by atoms with Crippen molar-refractivity contribution in [2.24, 2.45) is 0 Å². The number of nitrogens with zero attached hydrogens (tertiary/aromatic N) is 5. The van der Waals surface area contributed by atoms with Gasteiger partial charge in [0, 0.05) is 16.3 Å². The molecule has 0 saturated carbocycles. The standard InChI is InChI=1S/C15H16N6OS/c1-8-6-9(2)21-14(16-8)18-12(20-21)7-13(22)19-15-17-10-4-3-5-11(10)23-15/h6H,3-5,7H2,1-2H3,(H,17,19,22). The van der Waals surface area contributed by atoms with Gasteiger partial charge in [-0.2, -0.15) is 4.98 Å². The van der Waals surface area contributed by atoms with E-state index >= 15 is 0 Å². The number of nitrogens with one attached hydrogen (secondary N) is 1. The first kappa shape index (κ1) is 14.3. The fourth-order valence-electron chi connectivity index (χ4n) is 2.83. The second kappa shape index (κ2) is 5.38. The molecule has 3 aromatic rings. The van der Waals surface area contributed by atoms with Crippen LogP contribution in [-0.4, -0.2) is 30.5 Å². The molecule has 3 heterocycles. The molecule has 1 amide bonds. The van der Waals surface area contributed by atoms with Crippen molar-refractivity contribution in [2.45, 2.75) is 39.5 Å². The van der Waals surface area contributed by atoms with Crippen LogP contribution < -0.4 is 5.32 Å². The maximum Gasteiger partial charge on any atom is 0.252 e. The number of fused-ring (bicyclic) bond motifs is 2. The van der Waals surface area contributed by atoms with E-state index in [1.165, 1.54) is 11.3 Å². The Morgan fingerprint density at radius 1 is 1.30 bits per heavy atom. The van der Waals surface area contributed by atoms with Gasteiger partial charge in [0.2, 0.25) is 5.91 Å². The summed E-state index contributed by atoms with van der Waals surface area (Å²) >= 11 is 1.57. The molecular formula is C15H16N6OS. The number of hydrogen-bond acceptors (Lipinski definition) is 6. The smallest absolute Gasteiger partial charge is 0.252 e. The average molecular weight is 328 g/mol. The van der Waals surface area contributed by atoms with Gasteiger partial charge < -0.3 is 5.32 Å². The van der Waals surface area contributed by atoms with Crippen LogP contribution in [-0.2, 0) is 24.1 Å². The Labute approximate surface area is 136 Å². The Bertz CT molecular complexity index is 891. The predicted molar refractivity (Wildman–Crippen MR) is 86.7 cm³/mol. The highest BCUT2D eigenvalue weighted by Crippen LogP contribution is 2.30. The number of anilines is 1. The van der Waals surface area contributed by atoms with Gasteiger partial charge in [-0.3, -0.25) is 4.79 Å². The zero-order valence-corrected chi connectivity index (χ0v) is 13.8. The predicted octanol–water partition coefficient (Wildman–Crippen LogP) is 1.87. The van der Waals surface area contributed by atoms with Crippen LogP contribution in [0.5, 0.6) is 0 Å². The monoisotopic (exact) mass is 328 g/mol. The fraction of sp³-hybridized carbons (Fsp3) is 0.400. The van der Waals surface area contributed by atoms with Gasteiger partial charge in [-0.05, 0) is 39.2 Å². The maximum atomic E-state index is 12.2. The second-order valence-electron chi connectivity index (χ2n) is 5.75. The van der Waals surface area contributed by atoms with Gasteiger partial charge in [0.15, 0.2) is 11.0 Å². The summed E-state index contributed by atoms with van der Waals surface area (Å²) in [5, 5.41) is 7.87. The van der Waals surface area contributed by atoms with Crippen molar-refractivity contribution in [3.8, 4) is 0 Å². The van der Waals surface area contributed by atoms with Crippen LogP contribution in [0.25, 0.3) is 5.78 Å². The largest absolute Gasteiger partial charge is 0.302 e. The lowest BCUT2D eigenvalue weighted by Gasteiger charge is -1.98. The van der Waals surface area contributed by atoms with E-state index in [2.05, 4.69) is 25.4 Å². The van der Waals surface area contributed by atoms with Crippen molar-refractivity contribution < 1.29 is 4.79 Å². The SMILES string of the molecule is Cc1cc(C)n2nc(CC(=O)Nc3nc4c(s3)CCC4)nc2n1. The third kappa shape index (κ3) is 2.70. The number of carbonyl (C=O) groups excluding carboxylic acids is 1. The highest BCUT2D eigenvalue weighted by Gasteiger charge is 2.18. The molecule has 3 aromatic heterocycles. The van der Waals surface area contributed by atoms with E-state index in [-0.39, 0.29) is 12.3 Å². The summed E-state index contributed by atoms with van der Waals surface area (Å²) < 4.78 is 1.66. The highest BCUT2D eigenvalue weighted by atomic mass is 32.1. The molecule has 7 nitrogen and oxygen atoms in total. The normalized spacial score (nSPS) is 13.5. The summed E-state index contributed by atoms with van der Waals surface area (Å²) in [5.41, 5.74) is 2.96. The molecular weight excluding hydrogens is 312 g/mol. The van der Waals surface area contributed by atoms with Crippen molar-refractivity contribution in [1.82, 2.24) is 24.6 Å². The lowest BCUT2D eigenvalue weighted by Crippen LogP contribution is -2.15. The van der Waals surface area contributed by atoms with Crippen molar-refractivity contribution >= 4 is 28.2 Å². The summed E-state index contributed by atoms with van der Waals surface area (Å²) in [6.45, 7) is 3.85. The Hall–Kier alpha value is -2.35. The molecule has 23 heavy (non-hydrogen) atoms. The van der Waals surface area contributed by atoms with Crippen LogP contribution in [0.15, 0.2) is 6.07 Å². The van der Waals surface area contributed by atoms with E-state index in [0.29, 0.717) is 16.7 Å². The third-order valence-corrected chi connectivity index (χ3v) is 4.90. The van der Waals surface area contributed by atoms with Gasteiger partial charge in [0.05, 0.1) is 12.1 Å². The summed E-state index contributed by atoms with van der Waals surface area (Å²) in [4.78, 5) is 26.6. The first-order chi connectivity index (χ1) is 11.1. The number of aryl methyl sites for hydroxylation is 4. The number of carbonyl (C=O) groups is 1. The number of hydrogen-bond donors (Lipinski definition) is 1. The van der Waals surface area contributed by atoms with Crippen LogP contribution in [0.3, 0.4) is 0 Å². The van der Waals surface area contributed by atoms with Gasteiger partial charge in [-0.1, -0.05) is 0 Å². The Balaban J connectivity index is 1.50. The Morgan fingerprint density at radius 2 is 2.17 bits per heavy atom. The van der Waals surface area contributed by atoms with Crippen LogP contribution in [0, 0.1) is 13.8 Å². The summed E-state index contributed by atoms with van der Waals surface area (Å²) in [6, 6.07) is 1.93. The first-order valence-electron chi connectivity index (χ1n) is 7.57. The fourth-order valence-corrected chi connectivity index (χ4v) is 3.90. The topological polar surface area (TPSA) is 85.1 Å².